The molecule has 6 heteroatoms. The number of hydrogen-bond acceptors (Lipinski definition) is 4. The molecule has 0 fully saturated rings. The summed E-state index contributed by atoms with van der Waals surface area (Å²) in [5.41, 5.74) is 0.834. The zero-order valence-corrected chi connectivity index (χ0v) is 13.1. The van der Waals surface area contributed by atoms with Gasteiger partial charge in [0, 0.05) is 24.2 Å². The van der Waals surface area contributed by atoms with Crippen molar-refractivity contribution in [1.29, 1.82) is 0 Å². The molecule has 0 aliphatic heterocycles. The molecule has 21 heavy (non-hydrogen) atoms. The number of fused-ring (bicyclic) bond motifs is 1. The van der Waals surface area contributed by atoms with E-state index < -0.39 is 0 Å². The minimum Gasteiger partial charge on any atom is -0.339 e. The fourth-order valence-electron chi connectivity index (χ4n) is 2.16. The molecule has 1 amide bonds. The highest BCUT2D eigenvalue weighted by Crippen LogP contribution is 2.17. The van der Waals surface area contributed by atoms with Crippen LogP contribution in [0, 0.1) is 0 Å². The van der Waals surface area contributed by atoms with E-state index in [0.717, 1.165) is 10.4 Å². The molecular weight excluding hydrogens is 304 g/mol. The lowest BCUT2D eigenvalue weighted by Gasteiger charge is -2.17. The molecule has 0 unspecified atom stereocenters. The second-order valence-corrected chi connectivity index (χ2v) is 6.72. The van der Waals surface area contributed by atoms with E-state index in [1.165, 1.54) is 17.4 Å². The fourth-order valence-corrected chi connectivity index (χ4v) is 3.74. The van der Waals surface area contributed by atoms with Gasteiger partial charge in [-0.05, 0) is 22.9 Å². The number of aromatic nitrogens is 1. The summed E-state index contributed by atoms with van der Waals surface area (Å²) in [5.74, 6) is 0.0274. The van der Waals surface area contributed by atoms with Crippen LogP contribution in [0.5, 0.6) is 0 Å². The van der Waals surface area contributed by atoms with E-state index in [4.69, 9.17) is 0 Å². The molecular formula is C15H14N2O2S2. The Morgan fingerprint density at radius 3 is 2.86 bits per heavy atom. The van der Waals surface area contributed by atoms with E-state index in [1.54, 1.807) is 29.5 Å². The molecule has 0 radical (unpaired) electrons. The Labute approximate surface area is 129 Å². The molecule has 0 atom stereocenters. The van der Waals surface area contributed by atoms with Crippen LogP contribution in [-0.2, 0) is 17.9 Å². The van der Waals surface area contributed by atoms with Gasteiger partial charge in [0.05, 0.1) is 16.8 Å². The number of pyridine rings is 1. The fraction of sp³-hybridized carbons (Fsp3) is 0.200. The topological polar surface area (TPSA) is 42.3 Å². The number of carbonyl (C=O) groups is 1. The maximum atomic E-state index is 12.3. The largest absolute Gasteiger partial charge is 0.339 e. The monoisotopic (exact) mass is 318 g/mol. The summed E-state index contributed by atoms with van der Waals surface area (Å²) in [6, 6.07) is 7.40. The first kappa shape index (κ1) is 14.0. The van der Waals surface area contributed by atoms with Crippen LogP contribution in [-0.4, -0.2) is 22.4 Å². The Morgan fingerprint density at radius 1 is 1.24 bits per heavy atom. The van der Waals surface area contributed by atoms with Crippen molar-refractivity contribution in [2.24, 2.45) is 0 Å². The average Bonchev–Trinajstić information content (AvgIpc) is 3.12. The van der Waals surface area contributed by atoms with E-state index in [9.17, 15) is 9.59 Å². The van der Waals surface area contributed by atoms with Gasteiger partial charge in [0.2, 0.25) is 5.91 Å². The van der Waals surface area contributed by atoms with Crippen molar-refractivity contribution < 1.29 is 4.79 Å². The van der Waals surface area contributed by atoms with Crippen LogP contribution < -0.4 is 5.43 Å². The predicted molar refractivity (Wildman–Crippen MR) is 86.9 cm³/mol. The lowest BCUT2D eigenvalue weighted by molar-refractivity contribution is -0.130. The molecule has 3 aromatic heterocycles. The normalized spacial score (nSPS) is 10.9. The lowest BCUT2D eigenvalue weighted by Crippen LogP contribution is -2.29. The van der Waals surface area contributed by atoms with E-state index >= 15 is 0 Å². The number of amides is 1. The van der Waals surface area contributed by atoms with Gasteiger partial charge < -0.3 is 9.47 Å². The second kappa shape index (κ2) is 5.83. The minimum atomic E-state index is 0.00985. The highest BCUT2D eigenvalue weighted by Gasteiger charge is 2.12. The molecule has 0 saturated carbocycles. The molecule has 0 spiro atoms. The summed E-state index contributed by atoms with van der Waals surface area (Å²) in [6.45, 7) is 0.860. The van der Waals surface area contributed by atoms with Gasteiger partial charge in [0.25, 0.3) is 0 Å². The number of thiophene rings is 2. The quantitative estimate of drug-likeness (QED) is 0.742. The lowest BCUT2D eigenvalue weighted by atomic mass is 10.3. The summed E-state index contributed by atoms with van der Waals surface area (Å²) in [7, 11) is 1.80. The van der Waals surface area contributed by atoms with E-state index in [1.807, 2.05) is 33.5 Å². The van der Waals surface area contributed by atoms with Gasteiger partial charge >= 0.3 is 0 Å². The average molecular weight is 318 g/mol. The first-order valence-corrected chi connectivity index (χ1v) is 8.24. The molecule has 0 aliphatic rings. The van der Waals surface area contributed by atoms with Crippen LogP contribution in [0.2, 0.25) is 0 Å². The van der Waals surface area contributed by atoms with E-state index in [-0.39, 0.29) is 17.9 Å². The van der Waals surface area contributed by atoms with E-state index in [0.29, 0.717) is 11.2 Å². The Bertz CT molecular complexity index is 818. The second-order valence-electron chi connectivity index (χ2n) is 4.77. The van der Waals surface area contributed by atoms with Crippen LogP contribution in [0.15, 0.2) is 46.0 Å². The highest BCUT2D eigenvalue weighted by atomic mass is 32.1. The molecule has 0 aromatic carbocycles. The number of nitrogens with zero attached hydrogens (tertiary/aromatic N) is 2. The van der Waals surface area contributed by atoms with Crippen LogP contribution in [0.4, 0.5) is 0 Å². The van der Waals surface area contributed by atoms with Gasteiger partial charge in [-0.1, -0.05) is 6.07 Å². The molecule has 108 valence electrons. The summed E-state index contributed by atoms with van der Waals surface area (Å²) in [4.78, 5) is 26.9. The third kappa shape index (κ3) is 2.91. The summed E-state index contributed by atoms with van der Waals surface area (Å²) >= 11 is 3.05. The van der Waals surface area contributed by atoms with Crippen LogP contribution in [0.3, 0.4) is 0 Å². The van der Waals surface area contributed by atoms with Gasteiger partial charge in [-0.2, -0.15) is 0 Å². The number of carbonyl (C=O) groups excluding carboxylic acids is 1. The predicted octanol–water partition coefficient (Wildman–Crippen LogP) is 2.78. The third-order valence-corrected chi connectivity index (χ3v) is 5.07. The van der Waals surface area contributed by atoms with Crippen molar-refractivity contribution in [3.63, 3.8) is 0 Å². The molecule has 3 rings (SSSR count). The molecule has 3 heterocycles. The van der Waals surface area contributed by atoms with Crippen molar-refractivity contribution in [3.8, 4) is 0 Å². The third-order valence-electron chi connectivity index (χ3n) is 3.29. The van der Waals surface area contributed by atoms with Gasteiger partial charge in [-0.15, -0.1) is 22.7 Å². The van der Waals surface area contributed by atoms with Crippen LogP contribution in [0.1, 0.15) is 4.88 Å². The summed E-state index contributed by atoms with van der Waals surface area (Å²) < 4.78 is 2.53. The van der Waals surface area contributed by atoms with Crippen LogP contribution >= 0.6 is 22.7 Å². The SMILES string of the molecule is CN(Cc1cccs1)C(=O)Cn1ccc(=O)c2sccc21. The first-order valence-electron chi connectivity index (χ1n) is 6.48. The van der Waals surface area contributed by atoms with Gasteiger partial charge in [0.1, 0.15) is 6.54 Å². The minimum absolute atomic E-state index is 0.00985. The molecule has 4 nitrogen and oxygen atoms in total. The number of hydrogen-bond donors (Lipinski definition) is 0. The number of likely N-dealkylation sites (N-methyl/N-ethyl adjacent to an activating group) is 1. The van der Waals surface area contributed by atoms with Crippen molar-refractivity contribution in [2.75, 3.05) is 7.05 Å². The van der Waals surface area contributed by atoms with Crippen molar-refractivity contribution >= 4 is 38.8 Å². The van der Waals surface area contributed by atoms with Gasteiger partial charge in [-0.3, -0.25) is 9.59 Å². The summed E-state index contributed by atoms with van der Waals surface area (Å²) in [5, 5.41) is 3.88. The molecule has 3 aromatic rings. The maximum absolute atomic E-state index is 12.3. The Balaban J connectivity index is 1.78. The Hall–Kier alpha value is -1.92. The Morgan fingerprint density at radius 2 is 2.10 bits per heavy atom. The zero-order valence-electron chi connectivity index (χ0n) is 11.5. The van der Waals surface area contributed by atoms with Crippen molar-refractivity contribution in [1.82, 2.24) is 9.47 Å². The van der Waals surface area contributed by atoms with Crippen molar-refractivity contribution in [3.05, 3.63) is 56.3 Å². The number of rotatable bonds is 4. The van der Waals surface area contributed by atoms with E-state index in [2.05, 4.69) is 0 Å². The zero-order chi connectivity index (χ0) is 14.8. The molecule has 0 aliphatic carbocycles. The highest BCUT2D eigenvalue weighted by molar-refractivity contribution is 7.17. The van der Waals surface area contributed by atoms with Gasteiger partial charge in [-0.25, -0.2) is 0 Å². The summed E-state index contributed by atoms with van der Waals surface area (Å²) in [6.07, 6.45) is 1.69. The smallest absolute Gasteiger partial charge is 0.242 e. The van der Waals surface area contributed by atoms with Crippen LogP contribution in [0.25, 0.3) is 10.2 Å². The molecule has 0 N–H and O–H groups in total. The first-order chi connectivity index (χ1) is 10.1. The standard InChI is InChI=1S/C15H14N2O2S2/c1-16(9-11-3-2-7-20-11)14(19)10-17-6-4-13(18)15-12(17)5-8-21-15/h2-8H,9-10H2,1H3. The molecule has 0 bridgehead atoms. The van der Waals surface area contributed by atoms with Crippen molar-refractivity contribution in [2.45, 2.75) is 13.1 Å². The Kier molecular flexibility index (Phi) is 3.90. The van der Waals surface area contributed by atoms with Gasteiger partial charge in [0.15, 0.2) is 5.43 Å². The molecule has 0 saturated heterocycles. The maximum Gasteiger partial charge on any atom is 0.242 e.